The lowest BCUT2D eigenvalue weighted by molar-refractivity contribution is 0.689. The van der Waals surface area contributed by atoms with Crippen LogP contribution in [0.5, 0.6) is 0 Å². The maximum atomic E-state index is 5.21. The highest BCUT2D eigenvalue weighted by atomic mass is 15.3. The summed E-state index contributed by atoms with van der Waals surface area (Å²) >= 11 is 0. The predicted molar refractivity (Wildman–Crippen MR) is 72.9 cm³/mol. The fraction of sp³-hybridized carbons (Fsp3) is 1.00. The van der Waals surface area contributed by atoms with Gasteiger partial charge in [-0.3, -0.25) is 33.8 Å². The van der Waals surface area contributed by atoms with Crippen LogP contribution in [0.3, 0.4) is 0 Å². The lowest BCUT2D eigenvalue weighted by Gasteiger charge is -1.86. The summed E-state index contributed by atoms with van der Waals surface area (Å²) in [7, 11) is 3.64. The molecule has 16 heavy (non-hydrogen) atoms. The lowest BCUT2D eigenvalue weighted by atomic mass is 10.3. The molecule has 0 aliphatic rings. The average molecular weight is 239 g/mol. The van der Waals surface area contributed by atoms with Crippen molar-refractivity contribution in [1.29, 1.82) is 0 Å². The van der Waals surface area contributed by atoms with Gasteiger partial charge in [-0.2, -0.15) is 0 Å². The van der Waals surface area contributed by atoms with Gasteiger partial charge in [0.25, 0.3) is 0 Å². The number of hydrazine groups is 3. The van der Waals surface area contributed by atoms with Crippen molar-refractivity contribution in [1.82, 2.24) is 16.3 Å². The SMILES string of the molecule is CCCCCN.CCNN.CNNC.NN. The quantitative estimate of drug-likeness (QED) is 0.181. The van der Waals surface area contributed by atoms with E-state index in [0.29, 0.717) is 0 Å². The molecule has 0 aliphatic carbocycles. The molecule has 104 valence electrons. The van der Waals surface area contributed by atoms with E-state index in [2.05, 4.69) is 34.9 Å². The van der Waals surface area contributed by atoms with Crippen molar-refractivity contribution < 1.29 is 0 Å². The van der Waals surface area contributed by atoms with Crippen molar-refractivity contribution in [3.63, 3.8) is 0 Å². The molecule has 0 aromatic rings. The zero-order valence-corrected chi connectivity index (χ0v) is 11.3. The molecule has 0 amide bonds. The number of nitrogens with two attached hydrogens (primary N) is 4. The molecule has 0 rings (SSSR count). The first-order chi connectivity index (χ1) is 7.74. The Balaban J connectivity index is -0.0000000643. The summed E-state index contributed by atoms with van der Waals surface area (Å²) in [5.41, 5.74) is 13.0. The van der Waals surface area contributed by atoms with Crippen molar-refractivity contribution in [2.75, 3.05) is 27.2 Å². The maximum Gasteiger partial charge on any atom is 0.00689 e. The zero-order valence-electron chi connectivity index (χ0n) is 11.3. The number of nitrogens with one attached hydrogen (secondary N) is 3. The summed E-state index contributed by atoms with van der Waals surface area (Å²) < 4.78 is 0. The molecule has 0 aromatic carbocycles. The fourth-order valence-corrected chi connectivity index (χ4v) is 0.394. The minimum Gasteiger partial charge on any atom is -0.330 e. The number of hydrogen-bond donors (Lipinski definition) is 7. The van der Waals surface area contributed by atoms with E-state index in [0.717, 1.165) is 13.1 Å². The van der Waals surface area contributed by atoms with Gasteiger partial charge in [-0.25, -0.2) is 0 Å². The third kappa shape index (κ3) is 99.6. The van der Waals surface area contributed by atoms with Crippen LogP contribution in [0.25, 0.3) is 0 Å². The molecule has 0 aliphatic heterocycles. The summed E-state index contributed by atoms with van der Waals surface area (Å²) in [6.45, 7) is 5.82. The van der Waals surface area contributed by atoms with Crippen LogP contribution < -0.4 is 39.5 Å². The molecule has 0 saturated carbocycles. The van der Waals surface area contributed by atoms with Crippen molar-refractivity contribution in [3.05, 3.63) is 0 Å². The first-order valence-corrected chi connectivity index (χ1v) is 5.55. The summed E-state index contributed by atoms with van der Waals surface area (Å²) in [6, 6.07) is 0. The van der Waals surface area contributed by atoms with Gasteiger partial charge in [0, 0.05) is 6.54 Å². The molecule has 0 saturated heterocycles. The molecule has 0 unspecified atom stereocenters. The molecular weight excluding hydrogens is 206 g/mol. The van der Waals surface area contributed by atoms with E-state index >= 15 is 0 Å². The Labute approximate surface area is 101 Å². The standard InChI is InChI=1S/C5H13N.2C2H8N2.H4N2/c1-2-3-4-5-6;1-3-4-2;1-2-4-3;1-2/h2-6H2,1H3;3-4H,1-2H3;4H,2-3H2,1H3;1-2H2. The second-order valence-corrected chi connectivity index (χ2v) is 2.55. The van der Waals surface area contributed by atoms with Crippen molar-refractivity contribution >= 4 is 0 Å². The molecule has 11 N–H and O–H groups in total. The first-order valence-electron chi connectivity index (χ1n) is 5.55. The second-order valence-electron chi connectivity index (χ2n) is 2.55. The van der Waals surface area contributed by atoms with Gasteiger partial charge in [0.15, 0.2) is 0 Å². The molecule has 0 heterocycles. The van der Waals surface area contributed by atoms with Crippen molar-refractivity contribution in [2.45, 2.75) is 33.1 Å². The highest BCUT2D eigenvalue weighted by Crippen LogP contribution is 1.88. The van der Waals surface area contributed by atoms with E-state index in [9.17, 15) is 0 Å². The third-order valence-corrected chi connectivity index (χ3v) is 1.26. The van der Waals surface area contributed by atoms with Gasteiger partial charge in [-0.05, 0) is 27.1 Å². The Morgan fingerprint density at radius 1 is 0.938 bits per heavy atom. The lowest BCUT2D eigenvalue weighted by Crippen LogP contribution is -2.21. The van der Waals surface area contributed by atoms with Gasteiger partial charge in [0.05, 0.1) is 0 Å². The monoisotopic (exact) mass is 239 g/mol. The largest absolute Gasteiger partial charge is 0.330 e. The Hall–Kier alpha value is -0.280. The Bertz CT molecular complexity index is 51.8. The number of hydrogen-bond acceptors (Lipinski definition) is 7. The minimum atomic E-state index is 0.847. The van der Waals surface area contributed by atoms with E-state index in [1.807, 2.05) is 21.0 Å². The summed E-state index contributed by atoms with van der Waals surface area (Å²) in [5.74, 6) is 12.8. The maximum absolute atomic E-state index is 5.21. The van der Waals surface area contributed by atoms with E-state index in [-0.39, 0.29) is 0 Å². The van der Waals surface area contributed by atoms with Gasteiger partial charge in [-0.15, -0.1) is 0 Å². The van der Waals surface area contributed by atoms with Crippen LogP contribution in [-0.2, 0) is 0 Å². The van der Waals surface area contributed by atoms with Gasteiger partial charge >= 0.3 is 0 Å². The molecular formula is C9H33N7. The Kier molecular flexibility index (Phi) is 72.1. The van der Waals surface area contributed by atoms with Crippen LogP contribution >= 0.6 is 0 Å². The molecule has 0 aromatic heterocycles. The smallest absolute Gasteiger partial charge is 0.00689 e. The Morgan fingerprint density at radius 2 is 1.31 bits per heavy atom. The van der Waals surface area contributed by atoms with E-state index < -0.39 is 0 Å². The van der Waals surface area contributed by atoms with Crippen LogP contribution in [0.15, 0.2) is 0 Å². The molecule has 0 bridgehead atoms. The highest BCUT2D eigenvalue weighted by molar-refractivity contribution is 4.34. The van der Waals surface area contributed by atoms with E-state index in [4.69, 9.17) is 11.6 Å². The number of rotatable bonds is 5. The third-order valence-electron chi connectivity index (χ3n) is 1.26. The summed E-state index contributed by atoms with van der Waals surface area (Å²) in [4.78, 5) is 0. The van der Waals surface area contributed by atoms with Crippen molar-refractivity contribution in [2.24, 2.45) is 23.3 Å². The average Bonchev–Trinajstić information content (AvgIpc) is 2.39. The zero-order chi connectivity index (χ0) is 13.7. The van der Waals surface area contributed by atoms with Gasteiger partial charge < -0.3 is 5.73 Å². The highest BCUT2D eigenvalue weighted by Gasteiger charge is 1.75. The van der Waals surface area contributed by atoms with Crippen LogP contribution in [0.1, 0.15) is 33.1 Å². The predicted octanol–water partition coefficient (Wildman–Crippen LogP) is -1.24. The molecule has 7 nitrogen and oxygen atoms in total. The van der Waals surface area contributed by atoms with Crippen LogP contribution in [0.2, 0.25) is 0 Å². The van der Waals surface area contributed by atoms with Gasteiger partial charge in [0.1, 0.15) is 0 Å². The van der Waals surface area contributed by atoms with Crippen LogP contribution in [-0.4, -0.2) is 27.2 Å². The van der Waals surface area contributed by atoms with Crippen molar-refractivity contribution in [3.8, 4) is 0 Å². The number of unbranched alkanes of at least 4 members (excludes halogenated alkanes) is 2. The molecule has 7 heteroatoms. The normalized spacial score (nSPS) is 7.50. The van der Waals surface area contributed by atoms with E-state index in [1.165, 1.54) is 19.3 Å². The van der Waals surface area contributed by atoms with E-state index in [1.54, 1.807) is 0 Å². The van der Waals surface area contributed by atoms with Crippen LogP contribution in [0.4, 0.5) is 0 Å². The molecule has 0 fully saturated rings. The fourth-order valence-electron chi connectivity index (χ4n) is 0.394. The molecule has 0 atom stereocenters. The first kappa shape index (κ1) is 24.8. The summed E-state index contributed by atoms with van der Waals surface area (Å²) in [6.07, 6.45) is 3.75. The topological polar surface area (TPSA) is 140 Å². The molecule has 0 spiro atoms. The van der Waals surface area contributed by atoms with Gasteiger partial charge in [-0.1, -0.05) is 26.7 Å². The summed E-state index contributed by atoms with van der Waals surface area (Å²) in [5, 5.41) is 0. The molecule has 0 radical (unpaired) electrons. The Morgan fingerprint density at radius 3 is 1.38 bits per heavy atom. The van der Waals surface area contributed by atoms with Gasteiger partial charge in [0.2, 0.25) is 0 Å². The minimum absolute atomic E-state index is 0.847. The van der Waals surface area contributed by atoms with Crippen LogP contribution in [0, 0.1) is 0 Å². The second kappa shape index (κ2) is 46.5.